The van der Waals surface area contributed by atoms with Crippen LogP contribution in [0.25, 0.3) is 5.69 Å². The van der Waals surface area contributed by atoms with Gasteiger partial charge >= 0.3 is 5.69 Å². The number of rotatable bonds is 6. The first kappa shape index (κ1) is 17.6. The van der Waals surface area contributed by atoms with Crippen molar-refractivity contribution in [3.05, 3.63) is 52.5 Å². The summed E-state index contributed by atoms with van der Waals surface area (Å²) in [6.45, 7) is 4.94. The molecule has 0 bridgehead atoms. The van der Waals surface area contributed by atoms with E-state index in [2.05, 4.69) is 20.8 Å². The second-order valence-corrected chi connectivity index (χ2v) is 6.88. The highest BCUT2D eigenvalue weighted by atomic mass is 16.2. The number of nitrogens with one attached hydrogen (secondary N) is 1. The number of aromatic nitrogens is 7. The van der Waals surface area contributed by atoms with Crippen LogP contribution in [-0.2, 0) is 13.1 Å². The Bertz CT molecular complexity index is 936. The van der Waals surface area contributed by atoms with Gasteiger partial charge in [-0.25, -0.2) is 18.7 Å². The van der Waals surface area contributed by atoms with Crippen LogP contribution >= 0.6 is 0 Å². The summed E-state index contributed by atoms with van der Waals surface area (Å²) < 4.78 is 5.09. The Morgan fingerprint density at radius 1 is 1.19 bits per heavy atom. The Hall–Kier alpha value is -2.81. The van der Waals surface area contributed by atoms with E-state index in [4.69, 9.17) is 5.10 Å². The molecule has 0 spiro atoms. The topological polar surface area (TPSA) is 95.4 Å². The lowest BCUT2D eigenvalue weighted by Crippen LogP contribution is -2.31. The van der Waals surface area contributed by atoms with Gasteiger partial charge in [0.2, 0.25) is 0 Å². The first-order chi connectivity index (χ1) is 13.2. The first-order valence-corrected chi connectivity index (χ1v) is 9.42. The maximum atomic E-state index is 13.1. The van der Waals surface area contributed by atoms with Gasteiger partial charge in [-0.2, -0.15) is 5.10 Å². The van der Waals surface area contributed by atoms with E-state index in [0.29, 0.717) is 13.1 Å². The number of benzene rings is 1. The quantitative estimate of drug-likeness (QED) is 0.694. The van der Waals surface area contributed by atoms with Crippen LogP contribution in [0.2, 0.25) is 0 Å². The molecule has 142 valence electrons. The van der Waals surface area contributed by atoms with Crippen molar-refractivity contribution in [1.29, 1.82) is 0 Å². The van der Waals surface area contributed by atoms with Gasteiger partial charge in [0.15, 0.2) is 0 Å². The zero-order valence-corrected chi connectivity index (χ0v) is 15.5. The number of nitrogens with zero attached hydrogens (tertiary/aromatic N) is 7. The predicted molar refractivity (Wildman–Crippen MR) is 99.8 cm³/mol. The number of piperidine rings is 1. The molecule has 9 heteroatoms. The summed E-state index contributed by atoms with van der Waals surface area (Å²) in [5.74, 6) is 1.86. The second kappa shape index (κ2) is 7.83. The van der Waals surface area contributed by atoms with Crippen molar-refractivity contribution >= 4 is 0 Å². The minimum Gasteiger partial charge on any atom is -0.316 e. The van der Waals surface area contributed by atoms with Crippen LogP contribution in [0.3, 0.4) is 0 Å². The minimum absolute atomic E-state index is 0.0878. The summed E-state index contributed by atoms with van der Waals surface area (Å²) in [4.78, 5) is 13.1. The fourth-order valence-corrected chi connectivity index (χ4v) is 3.55. The molecule has 2 aromatic heterocycles. The maximum absolute atomic E-state index is 13.1. The molecule has 4 rings (SSSR count). The Labute approximate surface area is 157 Å². The Kier molecular flexibility index (Phi) is 5.10. The number of para-hydroxylation sites is 1. The van der Waals surface area contributed by atoms with Crippen LogP contribution in [0, 0.1) is 6.92 Å². The van der Waals surface area contributed by atoms with E-state index in [-0.39, 0.29) is 11.6 Å². The van der Waals surface area contributed by atoms with Gasteiger partial charge in [-0.05, 0) is 55.3 Å². The monoisotopic (exact) mass is 368 g/mol. The van der Waals surface area contributed by atoms with Crippen molar-refractivity contribution in [2.45, 2.75) is 45.2 Å². The van der Waals surface area contributed by atoms with Crippen LogP contribution in [-0.4, -0.2) is 47.6 Å². The maximum Gasteiger partial charge on any atom is 0.350 e. The fraction of sp³-hybridized carbons (Fsp3) is 0.500. The molecular formula is C18H24N8O. The SMILES string of the molecule is Cc1nnnn1CCCn1nc([C@@H]2CCCNC2)n(-c2ccccc2)c1=O. The summed E-state index contributed by atoms with van der Waals surface area (Å²) in [7, 11) is 0. The molecule has 0 radical (unpaired) electrons. The largest absolute Gasteiger partial charge is 0.350 e. The molecule has 1 aliphatic rings. The molecule has 1 N–H and O–H groups in total. The molecule has 27 heavy (non-hydrogen) atoms. The van der Waals surface area contributed by atoms with Crippen molar-refractivity contribution in [2.75, 3.05) is 13.1 Å². The molecule has 0 amide bonds. The number of hydrogen-bond donors (Lipinski definition) is 1. The Morgan fingerprint density at radius 3 is 2.70 bits per heavy atom. The summed E-state index contributed by atoms with van der Waals surface area (Å²) in [6, 6.07) is 9.76. The Morgan fingerprint density at radius 2 is 2.00 bits per heavy atom. The van der Waals surface area contributed by atoms with E-state index in [9.17, 15) is 4.79 Å². The first-order valence-electron chi connectivity index (χ1n) is 9.42. The normalized spacial score (nSPS) is 17.3. The minimum atomic E-state index is -0.0878. The molecule has 1 aromatic carbocycles. The molecule has 9 nitrogen and oxygen atoms in total. The van der Waals surface area contributed by atoms with E-state index in [1.165, 1.54) is 0 Å². The highest BCUT2D eigenvalue weighted by molar-refractivity contribution is 5.33. The van der Waals surface area contributed by atoms with Crippen LogP contribution in [0.4, 0.5) is 0 Å². The lowest BCUT2D eigenvalue weighted by Gasteiger charge is -2.22. The molecule has 3 heterocycles. The van der Waals surface area contributed by atoms with Gasteiger partial charge in [-0.1, -0.05) is 18.2 Å². The van der Waals surface area contributed by atoms with Gasteiger partial charge in [0.25, 0.3) is 0 Å². The molecule has 0 saturated carbocycles. The molecule has 1 fully saturated rings. The lowest BCUT2D eigenvalue weighted by atomic mass is 9.99. The highest BCUT2D eigenvalue weighted by Gasteiger charge is 2.24. The summed E-state index contributed by atoms with van der Waals surface area (Å²) >= 11 is 0. The van der Waals surface area contributed by atoms with E-state index >= 15 is 0 Å². The van der Waals surface area contributed by atoms with Crippen LogP contribution < -0.4 is 11.0 Å². The van der Waals surface area contributed by atoms with Gasteiger partial charge in [-0.15, -0.1) is 5.10 Å². The third-order valence-corrected chi connectivity index (χ3v) is 4.99. The molecule has 3 aromatic rings. The second-order valence-electron chi connectivity index (χ2n) is 6.88. The third-order valence-electron chi connectivity index (χ3n) is 4.99. The standard InChI is InChI=1S/C18H24N8O/c1-14-20-22-23-24(14)11-6-12-25-18(27)26(16-8-3-2-4-9-16)17(21-25)15-7-5-10-19-13-15/h2-4,8-9,15,19H,5-7,10-13H2,1H3/t15-/m1/s1. The molecule has 0 unspecified atom stereocenters. The average molecular weight is 368 g/mol. The van der Waals surface area contributed by atoms with Crippen LogP contribution in [0.15, 0.2) is 35.1 Å². The zero-order chi connectivity index (χ0) is 18.6. The molecule has 1 atom stereocenters. The molecular weight excluding hydrogens is 344 g/mol. The lowest BCUT2D eigenvalue weighted by molar-refractivity contribution is 0.435. The number of hydrogen-bond acceptors (Lipinski definition) is 6. The van der Waals surface area contributed by atoms with E-state index in [1.54, 1.807) is 13.9 Å². The van der Waals surface area contributed by atoms with Gasteiger partial charge in [-0.3, -0.25) is 0 Å². The van der Waals surface area contributed by atoms with Crippen molar-refractivity contribution in [3.8, 4) is 5.69 Å². The van der Waals surface area contributed by atoms with Crippen molar-refractivity contribution < 1.29 is 0 Å². The number of aryl methyl sites for hydroxylation is 3. The summed E-state index contributed by atoms with van der Waals surface area (Å²) in [5, 5.41) is 19.6. The van der Waals surface area contributed by atoms with Crippen molar-refractivity contribution in [2.24, 2.45) is 0 Å². The van der Waals surface area contributed by atoms with Crippen LogP contribution in [0.1, 0.15) is 36.8 Å². The fourth-order valence-electron chi connectivity index (χ4n) is 3.55. The summed E-state index contributed by atoms with van der Waals surface area (Å²) in [6.07, 6.45) is 2.87. The smallest absolute Gasteiger partial charge is 0.316 e. The predicted octanol–water partition coefficient (Wildman–Crippen LogP) is 0.886. The van der Waals surface area contributed by atoms with Gasteiger partial charge in [0.05, 0.1) is 5.69 Å². The van der Waals surface area contributed by atoms with Gasteiger partial charge in [0.1, 0.15) is 11.6 Å². The zero-order valence-electron chi connectivity index (χ0n) is 15.5. The molecule has 0 aliphatic carbocycles. The van der Waals surface area contributed by atoms with Crippen molar-refractivity contribution in [3.63, 3.8) is 0 Å². The summed E-state index contributed by atoms with van der Waals surface area (Å²) in [5.41, 5.74) is 0.779. The van der Waals surface area contributed by atoms with E-state index in [1.807, 2.05) is 37.3 Å². The Balaban J connectivity index is 1.61. The van der Waals surface area contributed by atoms with Crippen LogP contribution in [0.5, 0.6) is 0 Å². The molecule has 1 saturated heterocycles. The molecule has 1 aliphatic heterocycles. The van der Waals surface area contributed by atoms with E-state index in [0.717, 1.165) is 49.7 Å². The van der Waals surface area contributed by atoms with E-state index < -0.39 is 0 Å². The number of tetrazole rings is 1. The van der Waals surface area contributed by atoms with Gasteiger partial charge in [0, 0.05) is 25.6 Å². The average Bonchev–Trinajstić information content (AvgIpc) is 3.26. The van der Waals surface area contributed by atoms with Gasteiger partial charge < -0.3 is 5.32 Å². The highest BCUT2D eigenvalue weighted by Crippen LogP contribution is 2.22. The third kappa shape index (κ3) is 3.68. The van der Waals surface area contributed by atoms with Crippen molar-refractivity contribution in [1.82, 2.24) is 39.9 Å².